The highest BCUT2D eigenvalue weighted by Gasteiger charge is 2.45. The van der Waals surface area contributed by atoms with Crippen molar-refractivity contribution in [3.8, 4) is 5.88 Å². The smallest absolute Gasteiger partial charge is 0.272 e. The lowest BCUT2D eigenvalue weighted by atomic mass is 9.79. The van der Waals surface area contributed by atoms with Crippen LogP contribution < -0.4 is 15.4 Å². The second-order valence-electron chi connectivity index (χ2n) is 7.93. The summed E-state index contributed by atoms with van der Waals surface area (Å²) >= 11 is 0. The molecule has 0 atom stereocenters. The number of alkyl halides is 4. The SMILES string of the molecule is O=C(CC1CC(F)(F)C1)NCc1cnn2cc(CNC(=O)c3conc3OCC(F)F)nc2c1. The lowest BCUT2D eigenvalue weighted by molar-refractivity contribution is -0.133. The van der Waals surface area contributed by atoms with Gasteiger partial charge in [-0.15, -0.1) is 0 Å². The molecule has 0 radical (unpaired) electrons. The van der Waals surface area contributed by atoms with Crippen LogP contribution in [0, 0.1) is 5.92 Å². The number of fused-ring (bicyclic) bond motifs is 1. The Hall–Kier alpha value is -3.71. The maximum Gasteiger partial charge on any atom is 0.272 e. The third-order valence-electron chi connectivity index (χ3n) is 5.12. The molecule has 1 aliphatic carbocycles. The Morgan fingerprint density at radius 2 is 2.06 bits per heavy atom. The van der Waals surface area contributed by atoms with Gasteiger partial charge in [-0.2, -0.15) is 5.10 Å². The van der Waals surface area contributed by atoms with Crippen LogP contribution in [0.4, 0.5) is 17.6 Å². The number of rotatable bonds is 10. The van der Waals surface area contributed by atoms with Crippen molar-refractivity contribution in [3.63, 3.8) is 0 Å². The van der Waals surface area contributed by atoms with Gasteiger partial charge >= 0.3 is 0 Å². The average molecular weight is 484 g/mol. The van der Waals surface area contributed by atoms with Gasteiger partial charge in [-0.05, 0) is 22.7 Å². The van der Waals surface area contributed by atoms with E-state index in [0.717, 1.165) is 6.26 Å². The predicted molar refractivity (Wildman–Crippen MR) is 106 cm³/mol. The quantitative estimate of drug-likeness (QED) is 0.424. The standard InChI is InChI=1S/C20H20F4N6O4/c21-15(22)10-33-19-14(9-34-29-19)18(32)26-7-13-8-30-16(28-13)1-12(6-27-30)5-25-17(31)2-11-3-20(23,24)4-11/h1,6,8-9,11,15H,2-5,7,10H2,(H,25,31)(H,26,32). The summed E-state index contributed by atoms with van der Waals surface area (Å²) in [6, 6.07) is 1.69. The van der Waals surface area contributed by atoms with E-state index >= 15 is 0 Å². The molecule has 0 bridgehead atoms. The molecular weight excluding hydrogens is 464 g/mol. The second-order valence-corrected chi connectivity index (χ2v) is 7.93. The number of nitrogens with zero attached hydrogens (tertiary/aromatic N) is 4. The second kappa shape index (κ2) is 9.65. The maximum atomic E-state index is 12.9. The number of ether oxygens (including phenoxy) is 1. The molecule has 1 fully saturated rings. The zero-order valence-corrected chi connectivity index (χ0v) is 17.6. The van der Waals surface area contributed by atoms with E-state index in [4.69, 9.17) is 4.74 Å². The number of hydrogen-bond donors (Lipinski definition) is 2. The highest BCUT2D eigenvalue weighted by atomic mass is 19.3. The minimum Gasteiger partial charge on any atom is -0.469 e. The third kappa shape index (κ3) is 5.80. The van der Waals surface area contributed by atoms with Gasteiger partial charge in [0.2, 0.25) is 11.8 Å². The Labute approximate surface area is 189 Å². The van der Waals surface area contributed by atoms with Crippen LogP contribution >= 0.6 is 0 Å². The normalized spacial score (nSPS) is 15.3. The van der Waals surface area contributed by atoms with Gasteiger partial charge in [0.1, 0.15) is 11.8 Å². The molecule has 3 heterocycles. The van der Waals surface area contributed by atoms with Crippen molar-refractivity contribution in [3.05, 3.63) is 41.5 Å². The minimum absolute atomic E-state index is 0.000246. The van der Waals surface area contributed by atoms with E-state index < -0.39 is 24.9 Å². The molecular formula is C20H20F4N6O4. The van der Waals surface area contributed by atoms with Crippen LogP contribution in [-0.4, -0.2) is 50.5 Å². The van der Waals surface area contributed by atoms with Gasteiger partial charge in [-0.3, -0.25) is 9.59 Å². The van der Waals surface area contributed by atoms with Gasteiger partial charge in [0, 0.05) is 25.8 Å². The molecule has 3 aromatic heterocycles. The maximum absolute atomic E-state index is 12.9. The molecule has 0 aromatic carbocycles. The van der Waals surface area contributed by atoms with Gasteiger partial charge in [0.15, 0.2) is 12.3 Å². The van der Waals surface area contributed by atoms with Crippen molar-refractivity contribution in [1.82, 2.24) is 30.4 Å². The number of halogens is 4. The Balaban J connectivity index is 1.29. The zero-order valence-electron chi connectivity index (χ0n) is 17.6. The Bertz CT molecular complexity index is 1170. The van der Waals surface area contributed by atoms with Crippen molar-refractivity contribution in [1.29, 1.82) is 0 Å². The van der Waals surface area contributed by atoms with Crippen LogP contribution in [0.5, 0.6) is 5.88 Å². The molecule has 0 spiro atoms. The molecule has 1 aliphatic rings. The molecule has 4 rings (SSSR count). The fourth-order valence-corrected chi connectivity index (χ4v) is 3.50. The fourth-order valence-electron chi connectivity index (χ4n) is 3.50. The summed E-state index contributed by atoms with van der Waals surface area (Å²) in [5, 5.41) is 12.8. The largest absolute Gasteiger partial charge is 0.469 e. The summed E-state index contributed by atoms with van der Waals surface area (Å²) in [6.45, 7) is -0.761. The molecule has 2 N–H and O–H groups in total. The number of carbonyl (C=O) groups excluding carboxylic acids is 2. The highest BCUT2D eigenvalue weighted by molar-refractivity contribution is 5.95. The van der Waals surface area contributed by atoms with E-state index in [1.54, 1.807) is 12.3 Å². The summed E-state index contributed by atoms with van der Waals surface area (Å²) < 4.78 is 61.2. The van der Waals surface area contributed by atoms with Crippen LogP contribution in [0.2, 0.25) is 0 Å². The molecule has 34 heavy (non-hydrogen) atoms. The molecule has 0 unspecified atom stereocenters. The number of aromatic nitrogens is 4. The number of amides is 2. The lowest BCUT2D eigenvalue weighted by Gasteiger charge is -2.34. The van der Waals surface area contributed by atoms with Crippen molar-refractivity contribution in [2.24, 2.45) is 5.92 Å². The highest BCUT2D eigenvalue weighted by Crippen LogP contribution is 2.43. The Morgan fingerprint density at radius 1 is 1.26 bits per heavy atom. The number of hydrogen-bond acceptors (Lipinski definition) is 7. The number of carbonyl (C=O) groups is 2. The average Bonchev–Trinajstić information content (AvgIpc) is 3.39. The lowest BCUT2D eigenvalue weighted by Crippen LogP contribution is -2.38. The van der Waals surface area contributed by atoms with Gasteiger partial charge in [-0.25, -0.2) is 27.1 Å². The molecule has 0 saturated heterocycles. The first-order chi connectivity index (χ1) is 16.2. The molecule has 14 heteroatoms. The van der Waals surface area contributed by atoms with Crippen LogP contribution in [0.1, 0.15) is 40.9 Å². The van der Waals surface area contributed by atoms with Crippen molar-refractivity contribution >= 4 is 17.5 Å². The molecule has 2 amide bonds. The molecule has 3 aromatic rings. The molecule has 0 aliphatic heterocycles. The number of nitrogens with one attached hydrogen (secondary N) is 2. The van der Waals surface area contributed by atoms with E-state index in [-0.39, 0.29) is 55.6 Å². The summed E-state index contributed by atoms with van der Waals surface area (Å²) in [5.41, 5.74) is 1.44. The van der Waals surface area contributed by atoms with E-state index in [0.29, 0.717) is 16.9 Å². The van der Waals surface area contributed by atoms with Crippen LogP contribution in [0.3, 0.4) is 0 Å². The van der Waals surface area contributed by atoms with Crippen molar-refractivity contribution < 1.29 is 36.4 Å². The van der Waals surface area contributed by atoms with E-state index in [1.165, 1.54) is 10.7 Å². The van der Waals surface area contributed by atoms with Crippen molar-refractivity contribution in [2.75, 3.05) is 6.61 Å². The topological polar surface area (TPSA) is 124 Å². The number of imidazole rings is 1. The zero-order chi connectivity index (χ0) is 24.3. The summed E-state index contributed by atoms with van der Waals surface area (Å²) in [5.74, 6) is -4.25. The van der Waals surface area contributed by atoms with Gasteiger partial charge < -0.3 is 19.9 Å². The van der Waals surface area contributed by atoms with Crippen LogP contribution in [-0.2, 0) is 17.9 Å². The van der Waals surface area contributed by atoms with Gasteiger partial charge in [0.05, 0.1) is 24.6 Å². The predicted octanol–water partition coefficient (Wildman–Crippen LogP) is 2.34. The van der Waals surface area contributed by atoms with Crippen LogP contribution in [0.15, 0.2) is 29.2 Å². The minimum atomic E-state index is -2.73. The molecule has 182 valence electrons. The van der Waals surface area contributed by atoms with E-state index in [9.17, 15) is 27.2 Å². The van der Waals surface area contributed by atoms with Crippen LogP contribution in [0.25, 0.3) is 5.65 Å². The van der Waals surface area contributed by atoms with Crippen molar-refractivity contribution in [2.45, 2.75) is 44.7 Å². The summed E-state index contributed by atoms with van der Waals surface area (Å²) in [4.78, 5) is 28.6. The van der Waals surface area contributed by atoms with E-state index in [2.05, 4.69) is 30.4 Å². The van der Waals surface area contributed by atoms with E-state index in [1.807, 2.05) is 0 Å². The fraction of sp³-hybridized carbons (Fsp3) is 0.450. The van der Waals surface area contributed by atoms with Gasteiger partial charge in [0.25, 0.3) is 18.2 Å². The molecule has 10 nitrogen and oxygen atoms in total. The monoisotopic (exact) mass is 484 g/mol. The Kier molecular flexibility index (Phi) is 6.65. The third-order valence-corrected chi connectivity index (χ3v) is 5.12. The van der Waals surface area contributed by atoms with Gasteiger partial charge in [-0.1, -0.05) is 0 Å². The summed E-state index contributed by atoms with van der Waals surface area (Å²) in [7, 11) is 0. The summed E-state index contributed by atoms with van der Waals surface area (Å²) in [6.07, 6.45) is 0.894. The first kappa shape index (κ1) is 23.4. The first-order valence-corrected chi connectivity index (χ1v) is 10.3. The molecule has 1 saturated carbocycles. The first-order valence-electron chi connectivity index (χ1n) is 10.3. The Morgan fingerprint density at radius 3 is 2.79 bits per heavy atom.